The molecule has 0 saturated carbocycles. The topological polar surface area (TPSA) is 46.3 Å². The molecule has 0 aliphatic carbocycles. The van der Waals surface area contributed by atoms with Crippen molar-refractivity contribution >= 4 is 5.71 Å². The zero-order valence-electron chi connectivity index (χ0n) is 11.6. The third-order valence-corrected chi connectivity index (χ3v) is 3.31. The van der Waals surface area contributed by atoms with Crippen LogP contribution in [0.1, 0.15) is 24.5 Å². The average Bonchev–Trinajstić information content (AvgIpc) is 2.47. The van der Waals surface area contributed by atoms with E-state index in [1.807, 2.05) is 49.4 Å². The molecule has 0 aliphatic heterocycles. The summed E-state index contributed by atoms with van der Waals surface area (Å²) in [6.45, 7) is 2.26. The maximum absolute atomic E-state index is 12.0. The number of phenols is 1. The molecule has 1 N–H and O–H groups in total. The number of benzene rings is 2. The van der Waals surface area contributed by atoms with Gasteiger partial charge in [-0.05, 0) is 24.1 Å². The van der Waals surface area contributed by atoms with E-state index in [4.69, 9.17) is 0 Å². The van der Waals surface area contributed by atoms with E-state index in [0.29, 0.717) is 6.54 Å². The van der Waals surface area contributed by atoms with Crippen LogP contribution in [0.15, 0.2) is 54.6 Å². The minimum Gasteiger partial charge on any atom is -0.624 e. The predicted octanol–water partition coefficient (Wildman–Crippen LogP) is 3.50. The molecule has 0 aliphatic rings. The Morgan fingerprint density at radius 3 is 2.30 bits per heavy atom. The van der Waals surface area contributed by atoms with Crippen molar-refractivity contribution in [2.24, 2.45) is 0 Å². The van der Waals surface area contributed by atoms with E-state index < -0.39 is 0 Å². The molecule has 0 heterocycles. The normalized spacial score (nSPS) is 12.1. The Balaban J connectivity index is 1.94. The summed E-state index contributed by atoms with van der Waals surface area (Å²) < 4.78 is 1.05. The van der Waals surface area contributed by atoms with Crippen LogP contribution in [-0.2, 0) is 13.0 Å². The second kappa shape index (κ2) is 6.75. The van der Waals surface area contributed by atoms with Crippen LogP contribution in [0.4, 0.5) is 0 Å². The van der Waals surface area contributed by atoms with Crippen molar-refractivity contribution in [3.8, 4) is 5.75 Å². The van der Waals surface area contributed by atoms with Crippen LogP contribution < -0.4 is 0 Å². The zero-order chi connectivity index (χ0) is 14.4. The molecule has 2 aromatic rings. The van der Waals surface area contributed by atoms with Gasteiger partial charge in [0.2, 0.25) is 0 Å². The lowest BCUT2D eigenvalue weighted by molar-refractivity contribution is -0.476. The fraction of sp³-hybridized carbons (Fsp3) is 0.235. The summed E-state index contributed by atoms with van der Waals surface area (Å²) in [4.78, 5) is 0. The number of nitrogens with zero attached hydrogens (tertiary/aromatic N) is 1. The molecule has 3 heteroatoms. The number of aromatic hydroxyl groups is 1. The van der Waals surface area contributed by atoms with Crippen molar-refractivity contribution in [2.45, 2.75) is 26.3 Å². The van der Waals surface area contributed by atoms with E-state index in [0.717, 1.165) is 34.4 Å². The molecule has 2 aromatic carbocycles. The molecule has 0 atom stereocenters. The fourth-order valence-corrected chi connectivity index (χ4v) is 2.00. The van der Waals surface area contributed by atoms with Gasteiger partial charge in [-0.3, -0.25) is 0 Å². The van der Waals surface area contributed by atoms with Crippen LogP contribution >= 0.6 is 0 Å². The minimum absolute atomic E-state index is 0.268. The predicted molar refractivity (Wildman–Crippen MR) is 80.9 cm³/mol. The first-order valence-electron chi connectivity index (χ1n) is 6.74. The fourth-order valence-electron chi connectivity index (χ4n) is 2.00. The molecule has 104 valence electrons. The Morgan fingerprint density at radius 1 is 1.00 bits per heavy atom. The first-order valence-corrected chi connectivity index (χ1v) is 6.74. The van der Waals surface area contributed by atoms with Gasteiger partial charge < -0.3 is 10.3 Å². The molecule has 0 aromatic heterocycles. The minimum atomic E-state index is 0.268. The summed E-state index contributed by atoms with van der Waals surface area (Å²) in [7, 11) is 0. The standard InChI is InChI=1S/C17H19NO2/c1-14(7-8-15-9-11-17(19)12-10-15)18(20)13-16-5-3-2-4-6-16/h2-6,9-12,19H,7-8,13H2,1H3. The average molecular weight is 269 g/mol. The molecule has 0 unspecified atom stereocenters. The Kier molecular flexibility index (Phi) is 4.77. The molecule has 0 saturated heterocycles. The van der Waals surface area contributed by atoms with E-state index in [1.165, 1.54) is 0 Å². The van der Waals surface area contributed by atoms with E-state index in [1.54, 1.807) is 12.1 Å². The van der Waals surface area contributed by atoms with Crippen molar-refractivity contribution in [1.29, 1.82) is 0 Å². The lowest BCUT2D eigenvalue weighted by Gasteiger charge is -2.08. The maximum Gasteiger partial charge on any atom is 0.178 e. The lowest BCUT2D eigenvalue weighted by atomic mass is 10.1. The Hall–Kier alpha value is -2.29. The van der Waals surface area contributed by atoms with Crippen molar-refractivity contribution in [2.75, 3.05) is 0 Å². The van der Waals surface area contributed by atoms with Gasteiger partial charge in [-0.25, -0.2) is 4.74 Å². The molecule has 0 spiro atoms. The third-order valence-electron chi connectivity index (χ3n) is 3.31. The number of rotatable bonds is 5. The van der Waals surface area contributed by atoms with Crippen LogP contribution in [0.25, 0.3) is 0 Å². The van der Waals surface area contributed by atoms with Crippen LogP contribution in [-0.4, -0.2) is 15.6 Å². The summed E-state index contributed by atoms with van der Waals surface area (Å²) >= 11 is 0. The summed E-state index contributed by atoms with van der Waals surface area (Å²) in [5.41, 5.74) is 2.96. The van der Waals surface area contributed by atoms with Gasteiger partial charge >= 0.3 is 0 Å². The van der Waals surface area contributed by atoms with Crippen LogP contribution in [0.5, 0.6) is 5.75 Å². The van der Waals surface area contributed by atoms with Gasteiger partial charge in [-0.15, -0.1) is 0 Å². The summed E-state index contributed by atoms with van der Waals surface area (Å²) in [6.07, 6.45) is 1.53. The highest BCUT2D eigenvalue weighted by atomic mass is 16.5. The van der Waals surface area contributed by atoms with Gasteiger partial charge in [-0.1, -0.05) is 42.5 Å². The summed E-state index contributed by atoms with van der Waals surface area (Å²) in [5, 5.41) is 21.3. The molecule has 0 fully saturated rings. The van der Waals surface area contributed by atoms with Crippen LogP contribution in [0.3, 0.4) is 0 Å². The molecular weight excluding hydrogens is 250 g/mol. The molecule has 3 nitrogen and oxygen atoms in total. The van der Waals surface area contributed by atoms with Gasteiger partial charge in [0.1, 0.15) is 5.75 Å². The molecule has 0 amide bonds. The quantitative estimate of drug-likeness (QED) is 0.391. The largest absolute Gasteiger partial charge is 0.624 e. The van der Waals surface area contributed by atoms with Crippen molar-refractivity contribution < 1.29 is 9.85 Å². The summed E-state index contributed by atoms with van der Waals surface area (Å²) in [6, 6.07) is 16.8. The maximum atomic E-state index is 12.0. The Labute approximate surface area is 119 Å². The molecular formula is C17H19NO2. The number of aryl methyl sites for hydroxylation is 1. The van der Waals surface area contributed by atoms with Gasteiger partial charge in [0.25, 0.3) is 0 Å². The Bertz CT molecular complexity index is 574. The molecule has 20 heavy (non-hydrogen) atoms. The van der Waals surface area contributed by atoms with Crippen molar-refractivity contribution in [3.05, 3.63) is 70.9 Å². The number of phenolic OH excluding ortho intramolecular Hbond substituents is 1. The van der Waals surface area contributed by atoms with Gasteiger partial charge in [0.15, 0.2) is 12.3 Å². The molecule has 2 rings (SSSR count). The highest BCUT2D eigenvalue weighted by Gasteiger charge is 2.05. The first-order chi connectivity index (χ1) is 9.65. The van der Waals surface area contributed by atoms with E-state index in [2.05, 4.69) is 0 Å². The SMILES string of the molecule is CC(CCc1ccc(O)cc1)=[N+]([O-])Cc1ccccc1. The lowest BCUT2D eigenvalue weighted by Crippen LogP contribution is -2.13. The molecule has 0 radical (unpaired) electrons. The van der Waals surface area contributed by atoms with Gasteiger partial charge in [-0.2, -0.15) is 0 Å². The highest BCUT2D eigenvalue weighted by molar-refractivity contribution is 5.77. The second-order valence-electron chi connectivity index (χ2n) is 4.92. The number of hydrogen-bond donors (Lipinski definition) is 1. The monoisotopic (exact) mass is 269 g/mol. The van der Waals surface area contributed by atoms with E-state index in [-0.39, 0.29) is 5.75 Å². The third kappa shape index (κ3) is 4.12. The second-order valence-corrected chi connectivity index (χ2v) is 4.92. The Morgan fingerprint density at radius 2 is 1.65 bits per heavy atom. The van der Waals surface area contributed by atoms with E-state index >= 15 is 0 Å². The number of hydroxylamine groups is 1. The van der Waals surface area contributed by atoms with E-state index in [9.17, 15) is 10.3 Å². The molecule has 0 bridgehead atoms. The number of hydrogen-bond acceptors (Lipinski definition) is 2. The first kappa shape index (κ1) is 14.1. The highest BCUT2D eigenvalue weighted by Crippen LogP contribution is 2.11. The van der Waals surface area contributed by atoms with Gasteiger partial charge in [0.05, 0.1) is 0 Å². The van der Waals surface area contributed by atoms with Crippen LogP contribution in [0.2, 0.25) is 0 Å². The van der Waals surface area contributed by atoms with Crippen molar-refractivity contribution in [1.82, 2.24) is 0 Å². The summed E-state index contributed by atoms with van der Waals surface area (Å²) in [5.74, 6) is 0.268. The van der Waals surface area contributed by atoms with Gasteiger partial charge in [0, 0.05) is 18.9 Å². The zero-order valence-corrected chi connectivity index (χ0v) is 11.6. The van der Waals surface area contributed by atoms with Crippen LogP contribution in [0, 0.1) is 5.21 Å². The smallest absolute Gasteiger partial charge is 0.178 e. The van der Waals surface area contributed by atoms with Crippen molar-refractivity contribution in [3.63, 3.8) is 0 Å².